The Balaban J connectivity index is 3.14. The van der Waals surface area contributed by atoms with Gasteiger partial charge in [0.15, 0.2) is 0 Å². The molecule has 88 valence electrons. The van der Waals surface area contributed by atoms with E-state index in [1.54, 1.807) is 0 Å². The summed E-state index contributed by atoms with van der Waals surface area (Å²) in [5.74, 6) is -1.32. The van der Waals surface area contributed by atoms with Crippen molar-refractivity contribution in [3.8, 4) is 0 Å². The second kappa shape index (κ2) is 4.51. The fraction of sp³-hybridized carbons (Fsp3) is 0.300. The number of alkyl halides is 3. The van der Waals surface area contributed by atoms with Crippen LogP contribution >= 0.6 is 0 Å². The maximum atomic E-state index is 13.1. The first kappa shape index (κ1) is 12.5. The molecule has 0 aliphatic rings. The summed E-state index contributed by atoms with van der Waals surface area (Å²) < 4.78 is 49.8. The van der Waals surface area contributed by atoms with E-state index in [1.807, 2.05) is 0 Å². The zero-order chi connectivity index (χ0) is 12.3. The quantitative estimate of drug-likeness (QED) is 0.438. The molecule has 0 amide bonds. The van der Waals surface area contributed by atoms with Crippen LogP contribution < -0.4 is 0 Å². The van der Waals surface area contributed by atoms with E-state index < -0.39 is 17.6 Å². The minimum atomic E-state index is -4.69. The zero-order valence-electron chi connectivity index (χ0n) is 8.60. The Morgan fingerprint density at radius 3 is 2.38 bits per heavy atom. The Labute approximate surface area is 89.5 Å². The minimum absolute atomic E-state index is 0.243. The van der Waals surface area contributed by atoms with Crippen molar-refractivity contribution in [1.82, 2.24) is 0 Å². The molecule has 0 atom stereocenters. The third-order valence-corrected chi connectivity index (χ3v) is 1.92. The third-order valence-electron chi connectivity index (χ3n) is 1.92. The molecule has 0 saturated heterocycles. The van der Waals surface area contributed by atoms with Crippen LogP contribution in [0.2, 0.25) is 0 Å². The molecule has 6 heteroatoms. The summed E-state index contributed by atoms with van der Waals surface area (Å²) in [6.45, 7) is 1.51. The van der Waals surface area contributed by atoms with Gasteiger partial charge in [-0.05, 0) is 19.1 Å². The highest BCUT2D eigenvalue weighted by Gasteiger charge is 2.33. The first-order valence-electron chi connectivity index (χ1n) is 4.31. The fourth-order valence-electron chi connectivity index (χ4n) is 1.16. The molecule has 0 spiro atoms. The third kappa shape index (κ3) is 2.71. The van der Waals surface area contributed by atoms with Crippen molar-refractivity contribution >= 4 is 5.71 Å². The average molecular weight is 235 g/mol. The van der Waals surface area contributed by atoms with Crippen molar-refractivity contribution in [3.63, 3.8) is 0 Å². The lowest BCUT2D eigenvalue weighted by Gasteiger charge is -2.08. The van der Waals surface area contributed by atoms with Crippen molar-refractivity contribution in [2.45, 2.75) is 13.1 Å². The van der Waals surface area contributed by atoms with E-state index in [-0.39, 0.29) is 5.56 Å². The second-order valence-corrected chi connectivity index (χ2v) is 3.05. The Morgan fingerprint density at radius 2 is 1.94 bits per heavy atom. The molecule has 1 rings (SSSR count). The van der Waals surface area contributed by atoms with Crippen LogP contribution in [0.25, 0.3) is 0 Å². The van der Waals surface area contributed by atoms with Crippen LogP contribution in [0.15, 0.2) is 23.4 Å². The van der Waals surface area contributed by atoms with Crippen LogP contribution in [-0.2, 0) is 11.0 Å². The molecule has 0 aromatic heterocycles. The predicted octanol–water partition coefficient (Wildman–Crippen LogP) is 3.21. The van der Waals surface area contributed by atoms with Gasteiger partial charge in [0.2, 0.25) is 0 Å². The number of oxime groups is 1. The Bertz CT molecular complexity index is 412. The highest BCUT2D eigenvalue weighted by molar-refractivity contribution is 5.98. The maximum Gasteiger partial charge on any atom is 0.419 e. The molecule has 0 saturated carbocycles. The van der Waals surface area contributed by atoms with E-state index in [1.165, 1.54) is 14.0 Å². The summed E-state index contributed by atoms with van der Waals surface area (Å²) >= 11 is 0. The first-order chi connectivity index (χ1) is 7.36. The molecule has 0 aliphatic carbocycles. The van der Waals surface area contributed by atoms with Gasteiger partial charge in [0, 0.05) is 5.56 Å². The van der Waals surface area contributed by atoms with E-state index in [2.05, 4.69) is 9.99 Å². The van der Waals surface area contributed by atoms with Crippen molar-refractivity contribution in [2.75, 3.05) is 7.11 Å². The highest BCUT2D eigenvalue weighted by atomic mass is 19.4. The van der Waals surface area contributed by atoms with Crippen LogP contribution in [0.3, 0.4) is 0 Å². The molecular weight excluding hydrogens is 226 g/mol. The molecule has 16 heavy (non-hydrogen) atoms. The zero-order valence-corrected chi connectivity index (χ0v) is 8.60. The van der Waals surface area contributed by atoms with Gasteiger partial charge >= 0.3 is 6.18 Å². The Morgan fingerprint density at radius 1 is 1.31 bits per heavy atom. The van der Waals surface area contributed by atoms with Gasteiger partial charge in [-0.25, -0.2) is 4.39 Å². The molecule has 0 N–H and O–H groups in total. The number of nitrogens with zero attached hydrogens (tertiary/aromatic N) is 1. The van der Waals surface area contributed by atoms with E-state index in [0.29, 0.717) is 11.8 Å². The van der Waals surface area contributed by atoms with E-state index >= 15 is 0 Å². The molecule has 0 aliphatic heterocycles. The number of hydrogen-bond acceptors (Lipinski definition) is 2. The standard InChI is InChI=1S/C10H9F4NO/c1-6(15-16-2)7-3-4-8(9(11)5-7)10(12,13)14/h3-5H,1-2H3/b15-6+. The molecule has 1 aromatic rings. The van der Waals surface area contributed by atoms with Crippen LogP contribution in [0.4, 0.5) is 17.6 Å². The monoisotopic (exact) mass is 235 g/mol. The highest BCUT2D eigenvalue weighted by Crippen LogP contribution is 2.31. The van der Waals surface area contributed by atoms with Gasteiger partial charge in [0.1, 0.15) is 12.9 Å². The summed E-state index contributed by atoms with van der Waals surface area (Å²) in [7, 11) is 1.30. The van der Waals surface area contributed by atoms with Crippen LogP contribution in [-0.4, -0.2) is 12.8 Å². The molecule has 0 unspecified atom stereocenters. The smallest absolute Gasteiger partial charge is 0.399 e. The average Bonchev–Trinajstić information content (AvgIpc) is 2.16. The maximum absolute atomic E-state index is 13.1. The number of rotatable bonds is 2. The van der Waals surface area contributed by atoms with Gasteiger partial charge < -0.3 is 4.84 Å². The SMILES string of the molecule is CO/N=C(\C)c1ccc(C(F)(F)F)c(F)c1. The Kier molecular flexibility index (Phi) is 3.51. The topological polar surface area (TPSA) is 21.6 Å². The molecule has 2 nitrogen and oxygen atoms in total. The lowest BCUT2D eigenvalue weighted by Crippen LogP contribution is -2.09. The summed E-state index contributed by atoms with van der Waals surface area (Å²) in [5.41, 5.74) is -0.746. The summed E-state index contributed by atoms with van der Waals surface area (Å²) in [4.78, 5) is 4.44. The van der Waals surface area contributed by atoms with Crippen molar-refractivity contribution in [3.05, 3.63) is 35.1 Å². The molecule has 1 aromatic carbocycles. The normalized spacial score (nSPS) is 12.8. The van der Waals surface area contributed by atoms with Crippen LogP contribution in [0.5, 0.6) is 0 Å². The van der Waals surface area contributed by atoms with E-state index in [0.717, 1.165) is 12.1 Å². The summed E-state index contributed by atoms with van der Waals surface area (Å²) in [5, 5.41) is 3.50. The van der Waals surface area contributed by atoms with Crippen LogP contribution in [0, 0.1) is 5.82 Å². The Hall–Kier alpha value is -1.59. The van der Waals surface area contributed by atoms with E-state index in [4.69, 9.17) is 0 Å². The molecule has 0 heterocycles. The molecule has 0 radical (unpaired) electrons. The van der Waals surface area contributed by atoms with Gasteiger partial charge in [0.25, 0.3) is 0 Å². The largest absolute Gasteiger partial charge is 0.419 e. The number of benzene rings is 1. The van der Waals surface area contributed by atoms with Gasteiger partial charge in [-0.3, -0.25) is 0 Å². The summed E-state index contributed by atoms with van der Waals surface area (Å²) in [6, 6.07) is 2.60. The predicted molar refractivity (Wildman–Crippen MR) is 50.6 cm³/mol. The van der Waals surface area contributed by atoms with E-state index in [9.17, 15) is 17.6 Å². The lowest BCUT2D eigenvalue weighted by molar-refractivity contribution is -0.140. The lowest BCUT2D eigenvalue weighted by atomic mass is 10.1. The van der Waals surface area contributed by atoms with Gasteiger partial charge in [-0.2, -0.15) is 13.2 Å². The molecular formula is C10H9F4NO. The van der Waals surface area contributed by atoms with Gasteiger partial charge in [-0.15, -0.1) is 0 Å². The first-order valence-corrected chi connectivity index (χ1v) is 4.31. The molecule has 0 bridgehead atoms. The molecule has 0 fully saturated rings. The van der Waals surface area contributed by atoms with Gasteiger partial charge in [0.05, 0.1) is 11.3 Å². The fourth-order valence-corrected chi connectivity index (χ4v) is 1.16. The van der Waals surface area contributed by atoms with Crippen molar-refractivity contribution in [1.29, 1.82) is 0 Å². The van der Waals surface area contributed by atoms with Crippen molar-refractivity contribution in [2.24, 2.45) is 5.16 Å². The summed E-state index contributed by atoms with van der Waals surface area (Å²) in [6.07, 6.45) is -4.69. The van der Waals surface area contributed by atoms with Crippen LogP contribution in [0.1, 0.15) is 18.1 Å². The second-order valence-electron chi connectivity index (χ2n) is 3.05. The minimum Gasteiger partial charge on any atom is -0.399 e. The van der Waals surface area contributed by atoms with Gasteiger partial charge in [-0.1, -0.05) is 11.2 Å². The van der Waals surface area contributed by atoms with Crippen molar-refractivity contribution < 1.29 is 22.4 Å². The number of halogens is 4. The number of hydrogen-bond donors (Lipinski definition) is 0.